The molecule has 1 N–H and O–H groups in total. The molecule has 1 saturated carbocycles. The minimum absolute atomic E-state index is 0.0283. The summed E-state index contributed by atoms with van der Waals surface area (Å²) in [7, 11) is 0. The Morgan fingerprint density at radius 2 is 1.71 bits per heavy atom. The molecule has 1 saturated heterocycles. The van der Waals surface area contributed by atoms with E-state index in [-0.39, 0.29) is 29.8 Å². The van der Waals surface area contributed by atoms with Crippen LogP contribution in [0.4, 0.5) is 5.69 Å². The Balaban J connectivity index is 1.84. The normalized spacial score (nSPS) is 23.2. The molecular formula is C17H22N2O2. The van der Waals surface area contributed by atoms with Gasteiger partial charge in [0.15, 0.2) is 0 Å². The lowest BCUT2D eigenvalue weighted by molar-refractivity contribution is -0.131. The van der Waals surface area contributed by atoms with E-state index < -0.39 is 0 Å². The van der Waals surface area contributed by atoms with Crippen LogP contribution in [0.1, 0.15) is 39.2 Å². The second-order valence-electron chi connectivity index (χ2n) is 7.10. The molecule has 21 heavy (non-hydrogen) atoms. The number of carbonyl (C=O) groups is 2. The Hall–Kier alpha value is -1.84. The molecule has 0 bridgehead atoms. The molecule has 1 unspecified atom stereocenters. The molecule has 1 aliphatic heterocycles. The molecule has 4 heteroatoms. The number of benzene rings is 1. The van der Waals surface area contributed by atoms with Crippen LogP contribution in [-0.4, -0.2) is 24.4 Å². The number of amides is 2. The third-order valence-corrected chi connectivity index (χ3v) is 4.29. The van der Waals surface area contributed by atoms with Crippen LogP contribution in [0.15, 0.2) is 24.3 Å². The van der Waals surface area contributed by atoms with E-state index >= 15 is 0 Å². The van der Waals surface area contributed by atoms with Crippen LogP contribution in [0.25, 0.3) is 0 Å². The van der Waals surface area contributed by atoms with Gasteiger partial charge in [-0.15, -0.1) is 0 Å². The van der Waals surface area contributed by atoms with Crippen LogP contribution in [0.2, 0.25) is 0 Å². The van der Waals surface area contributed by atoms with Gasteiger partial charge in [0, 0.05) is 5.69 Å². The van der Waals surface area contributed by atoms with Crippen LogP contribution in [0.3, 0.4) is 0 Å². The summed E-state index contributed by atoms with van der Waals surface area (Å²) in [5.74, 6) is 0.296. The zero-order chi connectivity index (χ0) is 15.2. The Labute approximate surface area is 125 Å². The van der Waals surface area contributed by atoms with E-state index in [0.717, 1.165) is 18.5 Å². The molecule has 3 rings (SSSR count). The number of nitrogens with one attached hydrogen (secondary N) is 1. The van der Waals surface area contributed by atoms with Crippen LogP contribution >= 0.6 is 0 Å². The lowest BCUT2D eigenvalue weighted by Crippen LogP contribution is -2.59. The van der Waals surface area contributed by atoms with Crippen molar-refractivity contribution < 1.29 is 9.59 Å². The SMILES string of the molecule is CC(C)(C)c1ccc(N2CC(=O)NC(C3CC3)C2=O)cc1. The maximum Gasteiger partial charge on any atom is 0.250 e. The summed E-state index contributed by atoms with van der Waals surface area (Å²) in [5.41, 5.74) is 2.12. The molecule has 2 fully saturated rings. The quantitative estimate of drug-likeness (QED) is 0.906. The fourth-order valence-corrected chi connectivity index (χ4v) is 2.78. The van der Waals surface area contributed by atoms with Gasteiger partial charge < -0.3 is 10.2 Å². The Morgan fingerprint density at radius 1 is 1.10 bits per heavy atom. The van der Waals surface area contributed by atoms with Gasteiger partial charge >= 0.3 is 0 Å². The average Bonchev–Trinajstić information content (AvgIpc) is 3.24. The van der Waals surface area contributed by atoms with Gasteiger partial charge in [0.25, 0.3) is 0 Å². The molecule has 2 amide bonds. The van der Waals surface area contributed by atoms with Gasteiger partial charge in [-0.2, -0.15) is 0 Å². The number of nitrogens with zero attached hydrogens (tertiary/aromatic N) is 1. The predicted octanol–water partition coefficient (Wildman–Crippen LogP) is 2.23. The standard InChI is InChI=1S/C17H22N2O2/c1-17(2,3)12-6-8-13(9-7-12)19-10-14(20)18-15(16(19)21)11-4-5-11/h6-9,11,15H,4-5,10H2,1-3H3,(H,18,20). The molecule has 1 atom stereocenters. The molecule has 1 aromatic rings. The van der Waals surface area contributed by atoms with E-state index in [4.69, 9.17) is 0 Å². The lowest BCUT2D eigenvalue weighted by Gasteiger charge is -2.33. The highest BCUT2D eigenvalue weighted by molar-refractivity contribution is 6.06. The average molecular weight is 286 g/mol. The Morgan fingerprint density at radius 3 is 2.24 bits per heavy atom. The maximum absolute atomic E-state index is 12.5. The van der Waals surface area contributed by atoms with Crippen LogP contribution < -0.4 is 10.2 Å². The van der Waals surface area contributed by atoms with Gasteiger partial charge in [0.1, 0.15) is 12.6 Å². The summed E-state index contributed by atoms with van der Waals surface area (Å²) in [6, 6.07) is 7.65. The van der Waals surface area contributed by atoms with Gasteiger partial charge in [-0.05, 0) is 41.9 Å². The van der Waals surface area contributed by atoms with E-state index in [2.05, 4.69) is 26.1 Å². The summed E-state index contributed by atoms with van der Waals surface area (Å²) in [4.78, 5) is 26.0. The van der Waals surface area contributed by atoms with Gasteiger partial charge in [0.2, 0.25) is 11.8 Å². The van der Waals surface area contributed by atoms with E-state index in [1.807, 2.05) is 24.3 Å². The van der Waals surface area contributed by atoms with Crippen molar-refractivity contribution in [3.8, 4) is 0 Å². The fraction of sp³-hybridized carbons (Fsp3) is 0.529. The third-order valence-electron chi connectivity index (χ3n) is 4.29. The first-order valence-electron chi connectivity index (χ1n) is 7.57. The van der Waals surface area contributed by atoms with Crippen LogP contribution in [0, 0.1) is 5.92 Å². The molecule has 1 aliphatic carbocycles. The molecule has 0 aromatic heterocycles. The summed E-state index contributed by atoms with van der Waals surface area (Å²) in [5, 5.41) is 2.83. The van der Waals surface area contributed by atoms with Crippen molar-refractivity contribution in [2.75, 3.05) is 11.4 Å². The van der Waals surface area contributed by atoms with Crippen molar-refractivity contribution in [3.63, 3.8) is 0 Å². The number of piperazine rings is 1. The second kappa shape index (κ2) is 4.86. The smallest absolute Gasteiger partial charge is 0.250 e. The summed E-state index contributed by atoms with van der Waals surface area (Å²) < 4.78 is 0. The summed E-state index contributed by atoms with van der Waals surface area (Å²) >= 11 is 0. The highest BCUT2D eigenvalue weighted by Crippen LogP contribution is 2.35. The molecule has 1 aromatic carbocycles. The molecule has 112 valence electrons. The second-order valence-corrected chi connectivity index (χ2v) is 7.10. The predicted molar refractivity (Wildman–Crippen MR) is 82.1 cm³/mol. The van der Waals surface area contributed by atoms with Crippen molar-refractivity contribution >= 4 is 17.5 Å². The zero-order valence-corrected chi connectivity index (χ0v) is 12.8. The topological polar surface area (TPSA) is 49.4 Å². The number of rotatable bonds is 2. The van der Waals surface area contributed by atoms with Gasteiger partial charge in [-0.3, -0.25) is 9.59 Å². The number of hydrogen-bond acceptors (Lipinski definition) is 2. The van der Waals surface area contributed by atoms with E-state index in [1.54, 1.807) is 4.90 Å². The van der Waals surface area contributed by atoms with Crippen molar-refractivity contribution in [3.05, 3.63) is 29.8 Å². The maximum atomic E-state index is 12.5. The van der Waals surface area contributed by atoms with E-state index in [0.29, 0.717) is 5.92 Å². The van der Waals surface area contributed by atoms with Gasteiger partial charge in [0.05, 0.1) is 0 Å². The van der Waals surface area contributed by atoms with Gasteiger partial charge in [-0.25, -0.2) is 0 Å². The fourth-order valence-electron chi connectivity index (χ4n) is 2.78. The molecule has 0 radical (unpaired) electrons. The summed E-state index contributed by atoms with van der Waals surface area (Å²) in [6.07, 6.45) is 2.07. The van der Waals surface area contributed by atoms with Crippen molar-refractivity contribution in [2.24, 2.45) is 5.92 Å². The lowest BCUT2D eigenvalue weighted by atomic mass is 9.87. The number of carbonyl (C=O) groups excluding carboxylic acids is 2. The van der Waals surface area contributed by atoms with Crippen molar-refractivity contribution in [1.82, 2.24) is 5.32 Å². The molecule has 2 aliphatic rings. The minimum atomic E-state index is -0.325. The largest absolute Gasteiger partial charge is 0.342 e. The molecule has 0 spiro atoms. The summed E-state index contributed by atoms with van der Waals surface area (Å²) in [6.45, 7) is 6.59. The first-order valence-corrected chi connectivity index (χ1v) is 7.57. The molecule has 4 nitrogen and oxygen atoms in total. The van der Waals surface area contributed by atoms with Crippen LogP contribution in [0.5, 0.6) is 0 Å². The number of anilines is 1. The zero-order valence-electron chi connectivity index (χ0n) is 12.8. The molecule has 1 heterocycles. The highest BCUT2D eigenvalue weighted by Gasteiger charge is 2.43. The number of hydrogen-bond donors (Lipinski definition) is 1. The highest BCUT2D eigenvalue weighted by atomic mass is 16.2. The monoisotopic (exact) mass is 286 g/mol. The van der Waals surface area contributed by atoms with Gasteiger partial charge in [-0.1, -0.05) is 32.9 Å². The van der Waals surface area contributed by atoms with Crippen molar-refractivity contribution in [1.29, 1.82) is 0 Å². The van der Waals surface area contributed by atoms with Crippen molar-refractivity contribution in [2.45, 2.75) is 45.1 Å². The first-order chi connectivity index (χ1) is 9.86. The molecular weight excluding hydrogens is 264 g/mol. The van der Waals surface area contributed by atoms with E-state index in [1.165, 1.54) is 5.56 Å². The van der Waals surface area contributed by atoms with Crippen LogP contribution in [-0.2, 0) is 15.0 Å². The van der Waals surface area contributed by atoms with E-state index in [9.17, 15) is 9.59 Å². The Bertz CT molecular complexity index is 567. The minimum Gasteiger partial charge on any atom is -0.342 e. The Kier molecular flexibility index (Phi) is 3.27. The third kappa shape index (κ3) is 2.80. The first kappa shape index (κ1) is 14.1.